The Morgan fingerprint density at radius 2 is 2.00 bits per heavy atom. The molecule has 1 aromatic rings. The lowest BCUT2D eigenvalue weighted by Crippen LogP contribution is -2.21. The lowest BCUT2D eigenvalue weighted by atomic mass is 10.0. The van der Waals surface area contributed by atoms with Crippen LogP contribution in [0.3, 0.4) is 0 Å². The maximum Gasteiger partial charge on any atom is 0.118 e. The summed E-state index contributed by atoms with van der Waals surface area (Å²) in [6, 6.07) is 8.10. The Balaban J connectivity index is 2.51. The van der Waals surface area contributed by atoms with Gasteiger partial charge in [-0.25, -0.2) is 0 Å². The molecule has 0 aromatic heterocycles. The van der Waals surface area contributed by atoms with E-state index in [1.165, 1.54) is 5.56 Å². The van der Waals surface area contributed by atoms with Gasteiger partial charge in [0, 0.05) is 12.5 Å². The summed E-state index contributed by atoms with van der Waals surface area (Å²) < 4.78 is 5.09. The van der Waals surface area contributed by atoms with E-state index in [-0.39, 0.29) is 6.04 Å². The largest absolute Gasteiger partial charge is 0.497 e. The third-order valence-corrected chi connectivity index (χ3v) is 2.20. The molecule has 0 aliphatic carbocycles. The predicted molar refractivity (Wildman–Crippen MR) is 62.7 cm³/mol. The molecule has 1 rings (SSSR count). The van der Waals surface area contributed by atoms with Gasteiger partial charge in [0.15, 0.2) is 0 Å². The van der Waals surface area contributed by atoms with Crippen LogP contribution < -0.4 is 10.5 Å². The minimum Gasteiger partial charge on any atom is -0.497 e. The summed E-state index contributed by atoms with van der Waals surface area (Å²) >= 11 is 0. The average molecular weight is 203 g/mol. The zero-order chi connectivity index (χ0) is 11.1. The molecule has 1 atom stereocenters. The number of ether oxygens (including phenoxy) is 1. The van der Waals surface area contributed by atoms with Gasteiger partial charge in [0.1, 0.15) is 5.75 Å². The van der Waals surface area contributed by atoms with E-state index in [1.54, 1.807) is 7.11 Å². The molecule has 2 nitrogen and oxygen atoms in total. The van der Waals surface area contributed by atoms with Crippen LogP contribution in [0.5, 0.6) is 5.75 Å². The van der Waals surface area contributed by atoms with Gasteiger partial charge in [-0.15, -0.1) is 11.8 Å². The second-order valence-electron chi connectivity index (χ2n) is 3.44. The fourth-order valence-corrected chi connectivity index (χ4v) is 1.37. The quantitative estimate of drug-likeness (QED) is 0.759. The topological polar surface area (TPSA) is 35.2 Å². The number of rotatable bonds is 4. The first-order chi connectivity index (χ1) is 7.26. The van der Waals surface area contributed by atoms with Crippen LogP contribution in [-0.4, -0.2) is 13.2 Å². The highest BCUT2D eigenvalue weighted by Gasteiger charge is 2.02. The van der Waals surface area contributed by atoms with E-state index in [4.69, 9.17) is 10.5 Å². The van der Waals surface area contributed by atoms with Crippen LogP contribution in [0.15, 0.2) is 24.3 Å². The smallest absolute Gasteiger partial charge is 0.118 e. The highest BCUT2D eigenvalue weighted by molar-refractivity contribution is 5.27. The van der Waals surface area contributed by atoms with Crippen LogP contribution in [0.25, 0.3) is 0 Å². The van der Waals surface area contributed by atoms with Crippen LogP contribution in [0, 0.1) is 11.8 Å². The highest BCUT2D eigenvalue weighted by atomic mass is 16.5. The summed E-state index contributed by atoms with van der Waals surface area (Å²) in [6.45, 7) is 1.83. The molecular formula is C13H17NO. The van der Waals surface area contributed by atoms with Crippen molar-refractivity contribution in [3.63, 3.8) is 0 Å². The Hall–Kier alpha value is -1.46. The molecule has 0 radical (unpaired) electrons. The molecule has 2 N–H and O–H groups in total. The molecule has 0 fully saturated rings. The molecule has 0 aliphatic rings. The number of hydrogen-bond acceptors (Lipinski definition) is 2. The van der Waals surface area contributed by atoms with Crippen molar-refractivity contribution >= 4 is 0 Å². The van der Waals surface area contributed by atoms with Crippen LogP contribution >= 0.6 is 0 Å². The van der Waals surface area contributed by atoms with Crippen LogP contribution in [0.1, 0.15) is 18.9 Å². The third kappa shape index (κ3) is 4.05. The van der Waals surface area contributed by atoms with Crippen LogP contribution in [-0.2, 0) is 6.42 Å². The molecule has 80 valence electrons. The number of hydrogen-bond donors (Lipinski definition) is 1. The SMILES string of the molecule is CC#CCC(N)Cc1ccc(OC)cc1. The van der Waals surface area contributed by atoms with Crippen LogP contribution in [0.4, 0.5) is 0 Å². The normalized spacial score (nSPS) is 11.4. The minimum atomic E-state index is 0.117. The summed E-state index contributed by atoms with van der Waals surface area (Å²) in [5, 5.41) is 0. The zero-order valence-electron chi connectivity index (χ0n) is 9.29. The van der Waals surface area contributed by atoms with E-state index >= 15 is 0 Å². The molecular weight excluding hydrogens is 186 g/mol. The van der Waals surface area contributed by atoms with Gasteiger partial charge >= 0.3 is 0 Å². The third-order valence-electron chi connectivity index (χ3n) is 2.20. The van der Waals surface area contributed by atoms with Gasteiger partial charge < -0.3 is 10.5 Å². The first-order valence-corrected chi connectivity index (χ1v) is 5.04. The van der Waals surface area contributed by atoms with Gasteiger partial charge in [0.25, 0.3) is 0 Å². The van der Waals surface area contributed by atoms with E-state index in [0.717, 1.165) is 18.6 Å². The van der Waals surface area contributed by atoms with Crippen molar-refractivity contribution in [2.24, 2.45) is 5.73 Å². The first kappa shape index (κ1) is 11.6. The molecule has 15 heavy (non-hydrogen) atoms. The summed E-state index contributed by atoms with van der Waals surface area (Å²) in [7, 11) is 1.66. The molecule has 2 heteroatoms. The fraction of sp³-hybridized carbons (Fsp3) is 0.385. The van der Waals surface area contributed by atoms with Gasteiger partial charge in [-0.05, 0) is 31.0 Å². The second kappa shape index (κ2) is 6.10. The fourth-order valence-electron chi connectivity index (χ4n) is 1.37. The van der Waals surface area contributed by atoms with Crippen molar-refractivity contribution in [1.29, 1.82) is 0 Å². The van der Waals surface area contributed by atoms with E-state index < -0.39 is 0 Å². The first-order valence-electron chi connectivity index (χ1n) is 5.04. The summed E-state index contributed by atoms with van der Waals surface area (Å²) in [5.41, 5.74) is 7.15. The minimum absolute atomic E-state index is 0.117. The number of nitrogens with two attached hydrogens (primary N) is 1. The monoisotopic (exact) mass is 203 g/mol. The second-order valence-corrected chi connectivity index (χ2v) is 3.44. The Kier molecular flexibility index (Phi) is 4.73. The molecule has 0 saturated heterocycles. The van der Waals surface area contributed by atoms with E-state index in [1.807, 2.05) is 31.2 Å². The van der Waals surface area contributed by atoms with E-state index in [9.17, 15) is 0 Å². The molecule has 1 unspecified atom stereocenters. The maximum absolute atomic E-state index is 5.93. The Bertz CT molecular complexity index is 345. The number of methoxy groups -OCH3 is 1. The Morgan fingerprint density at radius 1 is 1.33 bits per heavy atom. The molecule has 1 aromatic carbocycles. The molecule has 0 heterocycles. The predicted octanol–water partition coefficient (Wildman–Crippen LogP) is 1.98. The van der Waals surface area contributed by atoms with Crippen molar-refractivity contribution < 1.29 is 4.74 Å². The summed E-state index contributed by atoms with van der Waals surface area (Å²) in [6.07, 6.45) is 1.61. The molecule has 0 amide bonds. The molecule has 0 bridgehead atoms. The standard InChI is InChI=1S/C13H17NO/c1-3-4-5-12(14)10-11-6-8-13(15-2)9-7-11/h6-9,12H,5,10,14H2,1-2H3. The van der Waals surface area contributed by atoms with E-state index in [0.29, 0.717) is 0 Å². The average Bonchev–Trinajstić information content (AvgIpc) is 2.27. The maximum atomic E-state index is 5.93. The summed E-state index contributed by atoms with van der Waals surface area (Å²) in [4.78, 5) is 0. The van der Waals surface area contributed by atoms with Crippen molar-refractivity contribution in [1.82, 2.24) is 0 Å². The van der Waals surface area contributed by atoms with Gasteiger partial charge in [-0.1, -0.05) is 12.1 Å². The molecule has 0 aliphatic heterocycles. The van der Waals surface area contributed by atoms with Crippen molar-refractivity contribution in [2.75, 3.05) is 7.11 Å². The Labute approximate surface area is 91.4 Å². The highest BCUT2D eigenvalue weighted by Crippen LogP contribution is 2.12. The lowest BCUT2D eigenvalue weighted by Gasteiger charge is -2.08. The zero-order valence-corrected chi connectivity index (χ0v) is 9.29. The van der Waals surface area contributed by atoms with Crippen LogP contribution in [0.2, 0.25) is 0 Å². The van der Waals surface area contributed by atoms with Crippen molar-refractivity contribution in [3.8, 4) is 17.6 Å². The van der Waals surface area contributed by atoms with Gasteiger partial charge in [0.2, 0.25) is 0 Å². The molecule has 0 spiro atoms. The van der Waals surface area contributed by atoms with Crippen molar-refractivity contribution in [2.45, 2.75) is 25.8 Å². The Morgan fingerprint density at radius 3 is 2.53 bits per heavy atom. The van der Waals surface area contributed by atoms with E-state index in [2.05, 4.69) is 11.8 Å². The number of benzene rings is 1. The van der Waals surface area contributed by atoms with Gasteiger partial charge in [0.05, 0.1) is 7.11 Å². The van der Waals surface area contributed by atoms with Gasteiger partial charge in [-0.3, -0.25) is 0 Å². The molecule has 0 saturated carbocycles. The summed E-state index contributed by atoms with van der Waals surface area (Å²) in [5.74, 6) is 6.72. The van der Waals surface area contributed by atoms with Gasteiger partial charge in [-0.2, -0.15) is 0 Å². The van der Waals surface area contributed by atoms with Crippen molar-refractivity contribution in [3.05, 3.63) is 29.8 Å². The lowest BCUT2D eigenvalue weighted by molar-refractivity contribution is 0.414.